The minimum Gasteiger partial charge on any atom is -0.480 e. The number of amides is 1. The SMILES string of the molecule is CCC(CC)C(=O)N(C)C(CC)C(=O)O. The van der Waals surface area contributed by atoms with E-state index >= 15 is 0 Å². The number of aliphatic carboxylic acids is 1. The molecule has 0 aromatic carbocycles. The number of carboxylic acids is 1. The second kappa shape index (κ2) is 6.43. The first-order valence-corrected chi connectivity index (χ1v) is 5.48. The second-order valence-electron chi connectivity index (χ2n) is 3.72. The van der Waals surface area contributed by atoms with Crippen LogP contribution in [0.2, 0.25) is 0 Å². The standard InChI is InChI=1S/C11H21NO3/c1-5-8(6-2)10(13)12(4)9(7-3)11(14)15/h8-9H,5-7H2,1-4H3,(H,14,15). The summed E-state index contributed by atoms with van der Waals surface area (Å²) in [7, 11) is 1.57. The van der Waals surface area contributed by atoms with Gasteiger partial charge in [0.1, 0.15) is 6.04 Å². The van der Waals surface area contributed by atoms with Crippen molar-refractivity contribution in [3.8, 4) is 0 Å². The van der Waals surface area contributed by atoms with Crippen LogP contribution in [0.3, 0.4) is 0 Å². The van der Waals surface area contributed by atoms with E-state index in [4.69, 9.17) is 5.11 Å². The molecule has 0 aliphatic rings. The van der Waals surface area contributed by atoms with Gasteiger partial charge in [0.25, 0.3) is 0 Å². The maximum atomic E-state index is 11.9. The lowest BCUT2D eigenvalue weighted by molar-refractivity contribution is -0.150. The lowest BCUT2D eigenvalue weighted by atomic mass is 10.0. The molecule has 0 aliphatic heterocycles. The predicted octanol–water partition coefficient (Wildman–Crippen LogP) is 1.74. The summed E-state index contributed by atoms with van der Waals surface area (Å²) in [6.45, 7) is 5.67. The number of carboxylic acid groups (broad SMARTS) is 1. The summed E-state index contributed by atoms with van der Waals surface area (Å²) in [5.41, 5.74) is 0. The molecule has 0 heterocycles. The molecule has 0 saturated heterocycles. The summed E-state index contributed by atoms with van der Waals surface area (Å²) >= 11 is 0. The summed E-state index contributed by atoms with van der Waals surface area (Å²) in [6.07, 6.45) is 1.96. The molecular weight excluding hydrogens is 194 g/mol. The van der Waals surface area contributed by atoms with E-state index in [2.05, 4.69) is 0 Å². The summed E-state index contributed by atoms with van der Waals surface area (Å²) in [6, 6.07) is -0.696. The zero-order valence-corrected chi connectivity index (χ0v) is 9.99. The van der Waals surface area contributed by atoms with Gasteiger partial charge in [-0.1, -0.05) is 20.8 Å². The molecular formula is C11H21NO3. The minimum atomic E-state index is -0.931. The van der Waals surface area contributed by atoms with Crippen LogP contribution < -0.4 is 0 Å². The molecule has 1 N–H and O–H groups in total. The lowest BCUT2D eigenvalue weighted by Crippen LogP contribution is -2.44. The third-order valence-corrected chi connectivity index (χ3v) is 2.82. The molecule has 15 heavy (non-hydrogen) atoms. The normalized spacial score (nSPS) is 12.6. The largest absolute Gasteiger partial charge is 0.480 e. The highest BCUT2D eigenvalue weighted by molar-refractivity contribution is 5.84. The van der Waals surface area contributed by atoms with Crippen molar-refractivity contribution in [2.75, 3.05) is 7.05 Å². The van der Waals surface area contributed by atoms with Gasteiger partial charge in [0.2, 0.25) is 5.91 Å². The van der Waals surface area contributed by atoms with Crippen molar-refractivity contribution in [1.82, 2.24) is 4.90 Å². The van der Waals surface area contributed by atoms with E-state index in [1.165, 1.54) is 4.90 Å². The number of nitrogens with zero attached hydrogens (tertiary/aromatic N) is 1. The van der Waals surface area contributed by atoms with Gasteiger partial charge in [-0.05, 0) is 19.3 Å². The maximum Gasteiger partial charge on any atom is 0.326 e. The monoisotopic (exact) mass is 215 g/mol. The Morgan fingerprint density at radius 1 is 1.13 bits per heavy atom. The summed E-state index contributed by atoms with van der Waals surface area (Å²) in [4.78, 5) is 24.1. The van der Waals surface area contributed by atoms with Crippen LogP contribution in [0.1, 0.15) is 40.0 Å². The van der Waals surface area contributed by atoms with Crippen molar-refractivity contribution in [2.45, 2.75) is 46.1 Å². The number of hydrogen-bond acceptors (Lipinski definition) is 2. The maximum absolute atomic E-state index is 11.9. The van der Waals surface area contributed by atoms with E-state index in [0.29, 0.717) is 6.42 Å². The van der Waals surface area contributed by atoms with Gasteiger partial charge in [0.15, 0.2) is 0 Å². The highest BCUT2D eigenvalue weighted by Gasteiger charge is 2.27. The first kappa shape index (κ1) is 13.9. The van der Waals surface area contributed by atoms with Crippen molar-refractivity contribution in [2.24, 2.45) is 5.92 Å². The molecule has 1 unspecified atom stereocenters. The van der Waals surface area contributed by atoms with E-state index in [1.54, 1.807) is 14.0 Å². The number of carbonyl (C=O) groups excluding carboxylic acids is 1. The molecule has 0 aliphatic carbocycles. The van der Waals surface area contributed by atoms with E-state index in [9.17, 15) is 9.59 Å². The lowest BCUT2D eigenvalue weighted by Gasteiger charge is -2.27. The van der Waals surface area contributed by atoms with Gasteiger partial charge in [-0.15, -0.1) is 0 Å². The summed E-state index contributed by atoms with van der Waals surface area (Å²) < 4.78 is 0. The minimum absolute atomic E-state index is 0.0524. The van der Waals surface area contributed by atoms with Crippen molar-refractivity contribution >= 4 is 11.9 Å². The second-order valence-corrected chi connectivity index (χ2v) is 3.72. The quantitative estimate of drug-likeness (QED) is 0.734. The van der Waals surface area contributed by atoms with Crippen molar-refractivity contribution < 1.29 is 14.7 Å². The van der Waals surface area contributed by atoms with Crippen molar-refractivity contribution in [3.05, 3.63) is 0 Å². The third-order valence-electron chi connectivity index (χ3n) is 2.82. The molecule has 0 rings (SSSR count). The number of likely N-dealkylation sites (N-methyl/N-ethyl adjacent to an activating group) is 1. The van der Waals surface area contributed by atoms with Crippen LogP contribution in [0.25, 0.3) is 0 Å². The Balaban J connectivity index is 4.59. The van der Waals surface area contributed by atoms with Gasteiger partial charge in [-0.3, -0.25) is 4.79 Å². The highest BCUT2D eigenvalue weighted by Crippen LogP contribution is 2.14. The van der Waals surface area contributed by atoms with Crippen LogP contribution in [0.5, 0.6) is 0 Å². The fourth-order valence-corrected chi connectivity index (χ4v) is 1.69. The first-order chi connectivity index (χ1) is 6.99. The summed E-state index contributed by atoms with van der Waals surface area (Å²) in [5, 5.41) is 8.93. The Labute approximate surface area is 91.3 Å². The van der Waals surface area contributed by atoms with Crippen LogP contribution in [-0.4, -0.2) is 35.0 Å². The highest BCUT2D eigenvalue weighted by atomic mass is 16.4. The van der Waals surface area contributed by atoms with E-state index in [1.807, 2.05) is 13.8 Å². The van der Waals surface area contributed by atoms with Gasteiger partial charge in [0, 0.05) is 13.0 Å². The Kier molecular flexibility index (Phi) is 5.97. The molecule has 0 aromatic rings. The van der Waals surface area contributed by atoms with Crippen LogP contribution in [0, 0.1) is 5.92 Å². The average molecular weight is 215 g/mol. The van der Waals surface area contributed by atoms with Gasteiger partial charge < -0.3 is 10.0 Å². The Bertz CT molecular complexity index is 224. The number of carbonyl (C=O) groups is 2. The van der Waals surface area contributed by atoms with Crippen LogP contribution in [0.4, 0.5) is 0 Å². The van der Waals surface area contributed by atoms with Gasteiger partial charge >= 0.3 is 5.97 Å². The number of rotatable bonds is 6. The Morgan fingerprint density at radius 3 is 1.87 bits per heavy atom. The third kappa shape index (κ3) is 3.53. The number of hydrogen-bond donors (Lipinski definition) is 1. The van der Waals surface area contributed by atoms with E-state index < -0.39 is 12.0 Å². The predicted molar refractivity (Wildman–Crippen MR) is 58.6 cm³/mol. The molecule has 0 fully saturated rings. The topological polar surface area (TPSA) is 57.6 Å². The Morgan fingerprint density at radius 2 is 1.60 bits per heavy atom. The average Bonchev–Trinajstić information content (AvgIpc) is 2.19. The van der Waals surface area contributed by atoms with E-state index in [-0.39, 0.29) is 11.8 Å². The molecule has 88 valence electrons. The van der Waals surface area contributed by atoms with Gasteiger partial charge in [-0.25, -0.2) is 4.79 Å². The molecule has 0 bridgehead atoms. The summed E-state index contributed by atoms with van der Waals surface area (Å²) in [5.74, 6) is -1.04. The molecule has 0 saturated carbocycles. The first-order valence-electron chi connectivity index (χ1n) is 5.48. The molecule has 0 radical (unpaired) electrons. The fourth-order valence-electron chi connectivity index (χ4n) is 1.69. The van der Waals surface area contributed by atoms with E-state index in [0.717, 1.165) is 12.8 Å². The zero-order chi connectivity index (χ0) is 12.0. The van der Waals surface area contributed by atoms with Gasteiger partial charge in [0.05, 0.1) is 0 Å². The molecule has 0 spiro atoms. The van der Waals surface area contributed by atoms with Crippen LogP contribution in [0.15, 0.2) is 0 Å². The fraction of sp³-hybridized carbons (Fsp3) is 0.818. The molecule has 1 amide bonds. The van der Waals surface area contributed by atoms with Crippen LogP contribution >= 0.6 is 0 Å². The Hall–Kier alpha value is -1.06. The van der Waals surface area contributed by atoms with Gasteiger partial charge in [-0.2, -0.15) is 0 Å². The van der Waals surface area contributed by atoms with Crippen molar-refractivity contribution in [1.29, 1.82) is 0 Å². The van der Waals surface area contributed by atoms with Crippen LogP contribution in [-0.2, 0) is 9.59 Å². The molecule has 0 aromatic heterocycles. The molecule has 4 heteroatoms. The zero-order valence-electron chi connectivity index (χ0n) is 9.99. The smallest absolute Gasteiger partial charge is 0.326 e. The molecule has 4 nitrogen and oxygen atoms in total. The molecule has 1 atom stereocenters. The van der Waals surface area contributed by atoms with Crippen molar-refractivity contribution in [3.63, 3.8) is 0 Å².